The Balaban J connectivity index is 1.93. The van der Waals surface area contributed by atoms with Crippen molar-refractivity contribution in [3.05, 3.63) is 60.4 Å². The molecule has 4 rings (SSSR count). The maximum Gasteiger partial charge on any atom is 0.103 e. The quantitative estimate of drug-likeness (QED) is 0.621. The van der Waals surface area contributed by atoms with Crippen molar-refractivity contribution in [3.8, 4) is 17.2 Å². The molecular weight excluding hydrogens is 320 g/mol. The first kappa shape index (κ1) is 14.5. The number of pyridine rings is 2. The molecule has 4 aromatic heterocycles. The first-order valence-electron chi connectivity index (χ1n) is 7.25. The van der Waals surface area contributed by atoms with Crippen LogP contribution in [0.1, 0.15) is 11.1 Å². The highest BCUT2D eigenvalue weighted by Crippen LogP contribution is 2.36. The molecule has 0 saturated heterocycles. The molecule has 0 atom stereocenters. The fourth-order valence-corrected chi connectivity index (χ4v) is 3.55. The van der Waals surface area contributed by atoms with Gasteiger partial charge in [-0.05, 0) is 24.6 Å². The summed E-state index contributed by atoms with van der Waals surface area (Å²) in [5.41, 5.74) is 4.44. The second-order valence-electron chi connectivity index (χ2n) is 5.29. The molecule has 0 aliphatic rings. The first-order chi connectivity index (χ1) is 11.8. The van der Waals surface area contributed by atoms with Crippen molar-refractivity contribution >= 4 is 17.3 Å². The SMILES string of the molecule is Cc1ccncc1Sc1cc(-c2cn[nH]c2)cn2ncc(C#N)c12. The Morgan fingerprint density at radius 2 is 2.12 bits per heavy atom. The Kier molecular flexibility index (Phi) is 3.52. The average molecular weight is 332 g/mol. The number of rotatable bonds is 3. The van der Waals surface area contributed by atoms with Crippen LogP contribution in [-0.2, 0) is 0 Å². The summed E-state index contributed by atoms with van der Waals surface area (Å²) >= 11 is 1.58. The molecule has 0 amide bonds. The van der Waals surface area contributed by atoms with E-state index in [4.69, 9.17) is 0 Å². The number of aryl methyl sites for hydroxylation is 1. The van der Waals surface area contributed by atoms with Crippen LogP contribution in [-0.4, -0.2) is 24.8 Å². The molecule has 0 saturated carbocycles. The summed E-state index contributed by atoms with van der Waals surface area (Å²) in [5, 5.41) is 20.5. The van der Waals surface area contributed by atoms with Crippen LogP contribution in [0.3, 0.4) is 0 Å². The molecule has 116 valence electrons. The van der Waals surface area contributed by atoms with Gasteiger partial charge in [-0.15, -0.1) is 0 Å². The molecule has 6 nitrogen and oxygen atoms in total. The van der Waals surface area contributed by atoms with E-state index in [1.54, 1.807) is 34.9 Å². The third-order valence-electron chi connectivity index (χ3n) is 3.74. The Bertz CT molecular complexity index is 1060. The van der Waals surface area contributed by atoms with E-state index < -0.39 is 0 Å². The molecule has 0 fully saturated rings. The number of fused-ring (bicyclic) bond motifs is 1. The minimum Gasteiger partial charge on any atom is -0.285 e. The van der Waals surface area contributed by atoms with Crippen molar-refractivity contribution < 1.29 is 0 Å². The lowest BCUT2D eigenvalue weighted by Gasteiger charge is -2.09. The Morgan fingerprint density at radius 1 is 1.21 bits per heavy atom. The molecular formula is C17H12N6S. The van der Waals surface area contributed by atoms with Gasteiger partial charge in [0.2, 0.25) is 0 Å². The number of hydrogen-bond donors (Lipinski definition) is 1. The topological polar surface area (TPSA) is 82.7 Å². The molecule has 0 unspecified atom stereocenters. The summed E-state index contributed by atoms with van der Waals surface area (Å²) in [4.78, 5) is 6.21. The van der Waals surface area contributed by atoms with Gasteiger partial charge in [-0.25, -0.2) is 4.52 Å². The number of nitrogens with zero attached hydrogens (tertiary/aromatic N) is 5. The van der Waals surface area contributed by atoms with Crippen molar-refractivity contribution in [1.29, 1.82) is 5.26 Å². The van der Waals surface area contributed by atoms with E-state index in [0.29, 0.717) is 5.56 Å². The highest BCUT2D eigenvalue weighted by molar-refractivity contribution is 7.99. The van der Waals surface area contributed by atoms with Crippen molar-refractivity contribution in [2.24, 2.45) is 0 Å². The average Bonchev–Trinajstić information content (AvgIpc) is 3.26. The highest BCUT2D eigenvalue weighted by Gasteiger charge is 2.14. The second-order valence-corrected chi connectivity index (χ2v) is 6.37. The Morgan fingerprint density at radius 3 is 2.88 bits per heavy atom. The number of H-pyrrole nitrogens is 1. The fraction of sp³-hybridized carbons (Fsp3) is 0.0588. The summed E-state index contributed by atoms with van der Waals surface area (Å²) in [7, 11) is 0. The van der Waals surface area contributed by atoms with Crippen LogP contribution in [0.15, 0.2) is 59.1 Å². The lowest BCUT2D eigenvalue weighted by molar-refractivity contribution is 0.951. The summed E-state index contributed by atoms with van der Waals surface area (Å²) in [6.45, 7) is 2.04. The Hall–Kier alpha value is -3.11. The molecule has 0 radical (unpaired) electrons. The molecule has 4 heterocycles. The van der Waals surface area contributed by atoms with E-state index in [-0.39, 0.29) is 0 Å². The van der Waals surface area contributed by atoms with Crippen LogP contribution in [0.25, 0.3) is 16.6 Å². The predicted octanol–water partition coefficient (Wildman–Crippen LogP) is 3.45. The van der Waals surface area contributed by atoms with Gasteiger partial charge < -0.3 is 0 Å². The molecule has 0 aliphatic carbocycles. The zero-order valence-electron chi connectivity index (χ0n) is 12.8. The van der Waals surface area contributed by atoms with E-state index in [0.717, 1.165) is 32.0 Å². The molecule has 0 aromatic carbocycles. The minimum atomic E-state index is 0.554. The summed E-state index contributed by atoms with van der Waals surface area (Å²) < 4.78 is 1.74. The third-order valence-corrected chi connectivity index (χ3v) is 4.92. The van der Waals surface area contributed by atoms with Gasteiger partial charge in [-0.2, -0.15) is 15.5 Å². The first-order valence-corrected chi connectivity index (χ1v) is 8.07. The number of nitrogens with one attached hydrogen (secondary N) is 1. The van der Waals surface area contributed by atoms with Crippen LogP contribution in [0.4, 0.5) is 0 Å². The van der Waals surface area contributed by atoms with E-state index in [9.17, 15) is 5.26 Å². The van der Waals surface area contributed by atoms with Crippen molar-refractivity contribution in [2.75, 3.05) is 0 Å². The lowest BCUT2D eigenvalue weighted by atomic mass is 10.1. The van der Waals surface area contributed by atoms with Crippen LogP contribution >= 0.6 is 11.8 Å². The summed E-state index contributed by atoms with van der Waals surface area (Å²) in [5.74, 6) is 0. The van der Waals surface area contributed by atoms with Gasteiger partial charge >= 0.3 is 0 Å². The molecule has 7 heteroatoms. The van der Waals surface area contributed by atoms with Gasteiger partial charge in [0.05, 0.1) is 23.5 Å². The van der Waals surface area contributed by atoms with Crippen LogP contribution in [0.2, 0.25) is 0 Å². The van der Waals surface area contributed by atoms with E-state index in [2.05, 4.69) is 32.4 Å². The summed E-state index contributed by atoms with van der Waals surface area (Å²) in [6, 6.07) is 6.24. The van der Waals surface area contributed by atoms with Gasteiger partial charge in [0, 0.05) is 45.7 Å². The van der Waals surface area contributed by atoms with Crippen LogP contribution in [0.5, 0.6) is 0 Å². The number of aromatic nitrogens is 5. The zero-order chi connectivity index (χ0) is 16.5. The second kappa shape index (κ2) is 5.83. The highest BCUT2D eigenvalue weighted by atomic mass is 32.2. The predicted molar refractivity (Wildman–Crippen MR) is 90.6 cm³/mol. The molecule has 24 heavy (non-hydrogen) atoms. The zero-order valence-corrected chi connectivity index (χ0v) is 13.6. The van der Waals surface area contributed by atoms with Crippen molar-refractivity contribution in [3.63, 3.8) is 0 Å². The smallest absolute Gasteiger partial charge is 0.103 e. The molecule has 0 spiro atoms. The number of hydrogen-bond acceptors (Lipinski definition) is 5. The normalized spacial score (nSPS) is 10.8. The number of nitriles is 1. The summed E-state index contributed by atoms with van der Waals surface area (Å²) in [6.07, 6.45) is 10.7. The van der Waals surface area contributed by atoms with Crippen molar-refractivity contribution in [2.45, 2.75) is 16.7 Å². The van der Waals surface area contributed by atoms with Gasteiger partial charge in [0.1, 0.15) is 6.07 Å². The minimum absolute atomic E-state index is 0.554. The maximum atomic E-state index is 9.38. The molecule has 1 N–H and O–H groups in total. The van der Waals surface area contributed by atoms with E-state index in [1.165, 1.54) is 0 Å². The van der Waals surface area contributed by atoms with Crippen LogP contribution < -0.4 is 0 Å². The van der Waals surface area contributed by atoms with E-state index in [1.807, 2.05) is 31.6 Å². The van der Waals surface area contributed by atoms with Gasteiger partial charge in [-0.1, -0.05) is 11.8 Å². The fourth-order valence-electron chi connectivity index (χ4n) is 2.49. The van der Waals surface area contributed by atoms with Gasteiger partial charge in [-0.3, -0.25) is 10.1 Å². The largest absolute Gasteiger partial charge is 0.285 e. The molecule has 4 aromatic rings. The van der Waals surface area contributed by atoms with Gasteiger partial charge in [0.25, 0.3) is 0 Å². The Labute approximate surface area is 142 Å². The molecule has 0 aliphatic heterocycles. The monoisotopic (exact) mass is 332 g/mol. The van der Waals surface area contributed by atoms with Crippen LogP contribution in [0, 0.1) is 18.3 Å². The third kappa shape index (κ3) is 2.43. The molecule has 0 bridgehead atoms. The number of aromatic amines is 1. The maximum absolute atomic E-state index is 9.38. The lowest BCUT2D eigenvalue weighted by Crippen LogP contribution is -1.92. The standard InChI is InChI=1S/C17H12N6S/c1-11-2-3-19-9-16(11)24-15-4-12(14-6-20-21-7-14)10-23-17(15)13(5-18)8-22-23/h2-4,6-10H,1H3,(H,20,21). The van der Waals surface area contributed by atoms with E-state index >= 15 is 0 Å². The van der Waals surface area contributed by atoms with Gasteiger partial charge in [0.15, 0.2) is 0 Å². The van der Waals surface area contributed by atoms with Crippen molar-refractivity contribution in [1.82, 2.24) is 24.8 Å².